The summed E-state index contributed by atoms with van der Waals surface area (Å²) in [6, 6.07) is 16.6. The first-order valence-corrected chi connectivity index (χ1v) is 9.88. The van der Waals surface area contributed by atoms with E-state index >= 15 is 0 Å². The van der Waals surface area contributed by atoms with E-state index in [1.54, 1.807) is 19.5 Å². The maximum atomic E-state index is 13.2. The molecule has 0 bridgehead atoms. The van der Waals surface area contributed by atoms with Crippen LogP contribution in [0.1, 0.15) is 22.7 Å². The lowest BCUT2D eigenvalue weighted by Gasteiger charge is -2.25. The number of halogens is 1. The zero-order chi connectivity index (χ0) is 21.3. The number of rotatable bonds is 10. The summed E-state index contributed by atoms with van der Waals surface area (Å²) in [5.41, 5.74) is 3.16. The van der Waals surface area contributed by atoms with Gasteiger partial charge in [-0.3, -0.25) is 4.98 Å². The predicted octanol–water partition coefficient (Wildman–Crippen LogP) is 4.20. The minimum Gasteiger partial charge on any atom is -0.493 e. The number of ether oxygens (including phenoxy) is 2. The molecular weight excluding hydrogens is 381 g/mol. The summed E-state index contributed by atoms with van der Waals surface area (Å²) in [4.78, 5) is 6.23. The van der Waals surface area contributed by atoms with Crippen LogP contribution in [-0.2, 0) is 13.2 Å². The molecule has 0 aliphatic heterocycles. The van der Waals surface area contributed by atoms with E-state index < -0.39 is 0 Å². The molecule has 6 heteroatoms. The van der Waals surface area contributed by atoms with E-state index in [1.807, 2.05) is 56.6 Å². The zero-order valence-corrected chi connectivity index (χ0v) is 17.6. The van der Waals surface area contributed by atoms with Gasteiger partial charge >= 0.3 is 0 Å². The number of nitrogens with zero attached hydrogens (tertiary/aromatic N) is 2. The minimum absolute atomic E-state index is 0.144. The molecule has 0 saturated carbocycles. The van der Waals surface area contributed by atoms with Crippen LogP contribution in [0.15, 0.2) is 67.0 Å². The Morgan fingerprint density at radius 3 is 2.50 bits per heavy atom. The molecule has 1 heterocycles. The molecule has 1 unspecified atom stereocenters. The van der Waals surface area contributed by atoms with E-state index in [2.05, 4.69) is 15.2 Å². The molecule has 0 fully saturated rings. The van der Waals surface area contributed by atoms with Crippen molar-refractivity contribution in [3.05, 3.63) is 89.5 Å². The van der Waals surface area contributed by atoms with Crippen molar-refractivity contribution in [1.29, 1.82) is 0 Å². The highest BCUT2D eigenvalue weighted by molar-refractivity contribution is 5.43. The SMILES string of the molecule is COc1ccc(CNCC(c2ccc(F)cc2)N(C)C)cc1OCc1cccnc1. The highest BCUT2D eigenvalue weighted by Crippen LogP contribution is 2.29. The third-order valence-electron chi connectivity index (χ3n) is 4.89. The van der Waals surface area contributed by atoms with Crippen LogP contribution in [0.3, 0.4) is 0 Å². The van der Waals surface area contributed by atoms with Gasteiger partial charge in [-0.25, -0.2) is 4.39 Å². The summed E-state index contributed by atoms with van der Waals surface area (Å²) < 4.78 is 24.6. The van der Waals surface area contributed by atoms with Crippen LogP contribution in [0.25, 0.3) is 0 Å². The quantitative estimate of drug-likeness (QED) is 0.544. The van der Waals surface area contributed by atoms with Crippen LogP contribution in [-0.4, -0.2) is 37.6 Å². The molecule has 3 rings (SSSR count). The number of pyridine rings is 1. The molecule has 1 N–H and O–H groups in total. The van der Waals surface area contributed by atoms with Gasteiger partial charge < -0.3 is 19.7 Å². The van der Waals surface area contributed by atoms with Crippen molar-refractivity contribution in [1.82, 2.24) is 15.2 Å². The number of methoxy groups -OCH3 is 1. The van der Waals surface area contributed by atoms with Crippen molar-refractivity contribution in [3.63, 3.8) is 0 Å². The molecule has 0 radical (unpaired) electrons. The molecule has 3 aromatic rings. The normalized spacial score (nSPS) is 12.0. The summed E-state index contributed by atoms with van der Waals surface area (Å²) in [5, 5.41) is 3.49. The number of likely N-dealkylation sites (N-methyl/N-ethyl adjacent to an activating group) is 1. The number of hydrogen-bond donors (Lipinski definition) is 1. The maximum absolute atomic E-state index is 13.2. The van der Waals surface area contributed by atoms with Gasteiger partial charge in [0.1, 0.15) is 12.4 Å². The van der Waals surface area contributed by atoms with Crippen LogP contribution in [0.4, 0.5) is 4.39 Å². The molecule has 0 amide bonds. The first kappa shape index (κ1) is 21.7. The van der Waals surface area contributed by atoms with E-state index in [4.69, 9.17) is 9.47 Å². The van der Waals surface area contributed by atoms with Gasteiger partial charge in [0, 0.05) is 37.1 Å². The van der Waals surface area contributed by atoms with E-state index in [-0.39, 0.29) is 11.9 Å². The second kappa shape index (κ2) is 10.7. The van der Waals surface area contributed by atoms with Gasteiger partial charge in [0.15, 0.2) is 11.5 Å². The van der Waals surface area contributed by atoms with E-state index in [1.165, 1.54) is 12.1 Å². The molecule has 2 aromatic carbocycles. The molecular formula is C24H28FN3O2. The van der Waals surface area contributed by atoms with Crippen molar-refractivity contribution in [2.45, 2.75) is 19.2 Å². The fourth-order valence-corrected chi connectivity index (χ4v) is 3.23. The molecule has 0 aliphatic rings. The maximum Gasteiger partial charge on any atom is 0.161 e. The van der Waals surface area contributed by atoms with Crippen molar-refractivity contribution in [2.24, 2.45) is 0 Å². The van der Waals surface area contributed by atoms with E-state index in [9.17, 15) is 4.39 Å². The second-order valence-corrected chi connectivity index (χ2v) is 7.30. The topological polar surface area (TPSA) is 46.6 Å². The van der Waals surface area contributed by atoms with Gasteiger partial charge in [-0.2, -0.15) is 0 Å². The predicted molar refractivity (Wildman–Crippen MR) is 116 cm³/mol. The summed E-state index contributed by atoms with van der Waals surface area (Å²) in [6.07, 6.45) is 3.53. The van der Waals surface area contributed by atoms with Crippen LogP contribution in [0, 0.1) is 5.82 Å². The number of hydrogen-bond acceptors (Lipinski definition) is 5. The molecule has 0 spiro atoms. The lowest BCUT2D eigenvalue weighted by molar-refractivity contribution is 0.282. The Bertz CT molecular complexity index is 917. The third kappa shape index (κ3) is 6.02. The molecule has 0 aliphatic carbocycles. The van der Waals surface area contributed by atoms with Crippen LogP contribution >= 0.6 is 0 Å². The van der Waals surface area contributed by atoms with Crippen molar-refractivity contribution in [2.75, 3.05) is 27.7 Å². The number of nitrogens with one attached hydrogen (secondary N) is 1. The smallest absolute Gasteiger partial charge is 0.161 e. The average Bonchev–Trinajstić information content (AvgIpc) is 2.76. The average molecular weight is 410 g/mol. The summed E-state index contributed by atoms with van der Waals surface area (Å²) in [5.74, 6) is 1.17. The van der Waals surface area contributed by atoms with E-state index in [0.717, 1.165) is 23.2 Å². The van der Waals surface area contributed by atoms with Gasteiger partial charge in [0.05, 0.1) is 7.11 Å². The Morgan fingerprint density at radius 2 is 1.83 bits per heavy atom. The summed E-state index contributed by atoms with van der Waals surface area (Å²) in [6.45, 7) is 1.84. The van der Waals surface area contributed by atoms with Gasteiger partial charge in [-0.15, -0.1) is 0 Å². The second-order valence-electron chi connectivity index (χ2n) is 7.30. The minimum atomic E-state index is -0.221. The van der Waals surface area contributed by atoms with Crippen LogP contribution in [0.5, 0.6) is 11.5 Å². The van der Waals surface area contributed by atoms with E-state index in [0.29, 0.717) is 24.7 Å². The molecule has 5 nitrogen and oxygen atoms in total. The van der Waals surface area contributed by atoms with Crippen molar-refractivity contribution >= 4 is 0 Å². The molecule has 158 valence electrons. The van der Waals surface area contributed by atoms with Gasteiger partial charge in [-0.05, 0) is 55.6 Å². The van der Waals surface area contributed by atoms with Crippen LogP contribution < -0.4 is 14.8 Å². The van der Waals surface area contributed by atoms with Crippen LogP contribution in [0.2, 0.25) is 0 Å². The Labute approximate surface area is 177 Å². The molecule has 1 atom stereocenters. The van der Waals surface area contributed by atoms with Gasteiger partial charge in [0.25, 0.3) is 0 Å². The standard InChI is InChI=1S/C24H28FN3O2/c1-28(2)22(20-7-9-21(25)10-8-20)16-27-14-18-6-11-23(29-3)24(13-18)30-17-19-5-4-12-26-15-19/h4-13,15,22,27H,14,16-17H2,1-3H3. The number of aromatic nitrogens is 1. The lowest BCUT2D eigenvalue weighted by Crippen LogP contribution is -2.30. The Hall–Kier alpha value is -2.96. The van der Waals surface area contributed by atoms with Gasteiger partial charge in [0.2, 0.25) is 0 Å². The lowest BCUT2D eigenvalue weighted by atomic mass is 10.1. The highest BCUT2D eigenvalue weighted by atomic mass is 19.1. The first-order chi connectivity index (χ1) is 14.6. The molecule has 30 heavy (non-hydrogen) atoms. The summed E-state index contributed by atoms with van der Waals surface area (Å²) >= 11 is 0. The fourth-order valence-electron chi connectivity index (χ4n) is 3.23. The Balaban J connectivity index is 1.62. The monoisotopic (exact) mass is 409 g/mol. The Kier molecular flexibility index (Phi) is 7.76. The number of benzene rings is 2. The molecule has 1 aromatic heterocycles. The Morgan fingerprint density at radius 1 is 1.03 bits per heavy atom. The fraction of sp³-hybridized carbons (Fsp3) is 0.292. The zero-order valence-electron chi connectivity index (χ0n) is 17.6. The van der Waals surface area contributed by atoms with Gasteiger partial charge in [-0.1, -0.05) is 24.3 Å². The van der Waals surface area contributed by atoms with Crippen molar-refractivity contribution < 1.29 is 13.9 Å². The summed E-state index contributed by atoms with van der Waals surface area (Å²) in [7, 11) is 5.68. The third-order valence-corrected chi connectivity index (χ3v) is 4.89. The first-order valence-electron chi connectivity index (χ1n) is 9.88. The highest BCUT2D eigenvalue weighted by Gasteiger charge is 2.14. The van der Waals surface area contributed by atoms with Crippen molar-refractivity contribution in [3.8, 4) is 11.5 Å². The molecule has 0 saturated heterocycles. The largest absolute Gasteiger partial charge is 0.493 e.